The topological polar surface area (TPSA) is 35.2 Å². The molecule has 20 heavy (non-hydrogen) atoms. The zero-order chi connectivity index (χ0) is 14.4. The quantitative estimate of drug-likeness (QED) is 0.809. The molecule has 1 atom stereocenters. The molecule has 2 nitrogen and oxygen atoms in total. The van der Waals surface area contributed by atoms with E-state index in [1.54, 1.807) is 11.8 Å². The van der Waals surface area contributed by atoms with Crippen LogP contribution in [0.2, 0.25) is 0 Å². The highest BCUT2D eigenvalue weighted by atomic mass is 32.2. The van der Waals surface area contributed by atoms with Crippen molar-refractivity contribution in [3.05, 3.63) is 59.7 Å². The van der Waals surface area contributed by atoms with E-state index in [1.807, 2.05) is 25.1 Å². The van der Waals surface area contributed by atoms with Crippen molar-refractivity contribution in [2.75, 3.05) is 12.4 Å². The van der Waals surface area contributed by atoms with E-state index in [0.717, 1.165) is 17.1 Å². The number of hydrogen-bond acceptors (Lipinski definition) is 3. The van der Waals surface area contributed by atoms with Crippen LogP contribution in [0.15, 0.2) is 53.4 Å². The van der Waals surface area contributed by atoms with Crippen LogP contribution in [0.3, 0.4) is 0 Å². The summed E-state index contributed by atoms with van der Waals surface area (Å²) in [7, 11) is 0. The van der Waals surface area contributed by atoms with Crippen molar-refractivity contribution in [2.24, 2.45) is 5.73 Å². The third-order valence-corrected chi connectivity index (χ3v) is 4.18. The molecule has 0 aliphatic heterocycles. The summed E-state index contributed by atoms with van der Waals surface area (Å²) in [5, 5.41) is 0. The Labute approximate surface area is 125 Å². The SMILES string of the molecule is CCOc1cccc(C(N)CSc2ccc(C)cc2)c1. The summed E-state index contributed by atoms with van der Waals surface area (Å²) >= 11 is 1.79. The van der Waals surface area contributed by atoms with Gasteiger partial charge < -0.3 is 10.5 Å². The molecule has 2 aromatic carbocycles. The smallest absolute Gasteiger partial charge is 0.119 e. The molecule has 0 amide bonds. The molecule has 2 aromatic rings. The fraction of sp³-hybridized carbons (Fsp3) is 0.294. The fourth-order valence-corrected chi connectivity index (χ4v) is 2.81. The average Bonchev–Trinajstić information content (AvgIpc) is 2.47. The molecule has 0 spiro atoms. The third kappa shape index (κ3) is 4.29. The first-order valence-corrected chi connectivity index (χ1v) is 7.85. The Morgan fingerprint density at radius 2 is 1.90 bits per heavy atom. The second-order valence-corrected chi connectivity index (χ2v) is 5.83. The zero-order valence-corrected chi connectivity index (χ0v) is 12.8. The summed E-state index contributed by atoms with van der Waals surface area (Å²) in [6.07, 6.45) is 0. The summed E-state index contributed by atoms with van der Waals surface area (Å²) in [6.45, 7) is 4.76. The van der Waals surface area contributed by atoms with Crippen molar-refractivity contribution in [1.82, 2.24) is 0 Å². The lowest BCUT2D eigenvalue weighted by Gasteiger charge is -2.13. The summed E-state index contributed by atoms with van der Waals surface area (Å²) < 4.78 is 5.51. The van der Waals surface area contributed by atoms with Crippen LogP contribution >= 0.6 is 11.8 Å². The minimum Gasteiger partial charge on any atom is -0.494 e. The van der Waals surface area contributed by atoms with Crippen LogP contribution in [-0.2, 0) is 0 Å². The molecule has 0 aromatic heterocycles. The van der Waals surface area contributed by atoms with E-state index in [1.165, 1.54) is 10.5 Å². The summed E-state index contributed by atoms with van der Waals surface area (Å²) in [6, 6.07) is 16.6. The number of hydrogen-bond donors (Lipinski definition) is 1. The first-order chi connectivity index (χ1) is 9.69. The molecule has 3 heteroatoms. The van der Waals surface area contributed by atoms with Gasteiger partial charge in [-0.1, -0.05) is 29.8 Å². The second kappa shape index (κ2) is 7.36. The van der Waals surface area contributed by atoms with E-state index >= 15 is 0 Å². The predicted molar refractivity (Wildman–Crippen MR) is 86.4 cm³/mol. The molecule has 0 bridgehead atoms. The lowest BCUT2D eigenvalue weighted by molar-refractivity contribution is 0.339. The predicted octanol–water partition coefficient (Wildman–Crippen LogP) is 4.19. The molecule has 0 saturated carbocycles. The van der Waals surface area contributed by atoms with Gasteiger partial charge >= 0.3 is 0 Å². The van der Waals surface area contributed by atoms with Gasteiger partial charge in [-0.3, -0.25) is 0 Å². The Hall–Kier alpha value is -1.45. The van der Waals surface area contributed by atoms with Gasteiger partial charge in [0.15, 0.2) is 0 Å². The summed E-state index contributed by atoms with van der Waals surface area (Å²) in [5.41, 5.74) is 8.66. The van der Waals surface area contributed by atoms with E-state index in [0.29, 0.717) is 6.61 Å². The number of thioether (sulfide) groups is 1. The van der Waals surface area contributed by atoms with Crippen LogP contribution in [0.4, 0.5) is 0 Å². The minimum atomic E-state index is 0.0155. The van der Waals surface area contributed by atoms with Gasteiger partial charge in [0, 0.05) is 16.7 Å². The van der Waals surface area contributed by atoms with Crippen LogP contribution in [0, 0.1) is 6.92 Å². The molecule has 0 aliphatic rings. The lowest BCUT2D eigenvalue weighted by Crippen LogP contribution is -2.13. The van der Waals surface area contributed by atoms with Gasteiger partial charge in [0.05, 0.1) is 6.61 Å². The molecule has 106 valence electrons. The molecule has 0 saturated heterocycles. The van der Waals surface area contributed by atoms with Crippen molar-refractivity contribution in [3.63, 3.8) is 0 Å². The van der Waals surface area contributed by atoms with Gasteiger partial charge in [0.25, 0.3) is 0 Å². The van der Waals surface area contributed by atoms with Crippen LogP contribution < -0.4 is 10.5 Å². The zero-order valence-electron chi connectivity index (χ0n) is 12.0. The van der Waals surface area contributed by atoms with Crippen LogP contribution in [-0.4, -0.2) is 12.4 Å². The van der Waals surface area contributed by atoms with Crippen molar-refractivity contribution >= 4 is 11.8 Å². The van der Waals surface area contributed by atoms with Gasteiger partial charge in [-0.05, 0) is 43.7 Å². The first-order valence-electron chi connectivity index (χ1n) is 6.87. The molecule has 0 fully saturated rings. The Morgan fingerprint density at radius 1 is 1.15 bits per heavy atom. The largest absolute Gasteiger partial charge is 0.494 e. The Balaban J connectivity index is 1.95. The molecule has 0 radical (unpaired) electrons. The van der Waals surface area contributed by atoms with E-state index in [-0.39, 0.29) is 6.04 Å². The summed E-state index contributed by atoms with van der Waals surface area (Å²) in [5.74, 6) is 1.75. The fourth-order valence-electron chi connectivity index (χ4n) is 1.92. The maximum atomic E-state index is 6.26. The standard InChI is InChI=1S/C17H21NOS/c1-3-19-15-6-4-5-14(11-15)17(18)12-20-16-9-7-13(2)8-10-16/h4-11,17H,3,12,18H2,1-2H3. The molecular formula is C17H21NOS. The van der Waals surface area contributed by atoms with Crippen LogP contribution in [0.5, 0.6) is 5.75 Å². The summed E-state index contributed by atoms with van der Waals surface area (Å²) in [4.78, 5) is 1.26. The number of nitrogens with two attached hydrogens (primary N) is 1. The Kier molecular flexibility index (Phi) is 5.50. The van der Waals surface area contributed by atoms with E-state index < -0.39 is 0 Å². The molecular weight excluding hydrogens is 266 g/mol. The second-order valence-electron chi connectivity index (χ2n) is 4.74. The van der Waals surface area contributed by atoms with Crippen molar-refractivity contribution in [2.45, 2.75) is 24.8 Å². The van der Waals surface area contributed by atoms with E-state index in [2.05, 4.69) is 37.3 Å². The minimum absolute atomic E-state index is 0.0155. The van der Waals surface area contributed by atoms with Gasteiger partial charge in [0.2, 0.25) is 0 Å². The number of rotatable bonds is 6. The normalized spacial score (nSPS) is 12.2. The van der Waals surface area contributed by atoms with Gasteiger partial charge in [0.1, 0.15) is 5.75 Å². The highest BCUT2D eigenvalue weighted by Gasteiger charge is 2.08. The maximum absolute atomic E-state index is 6.26. The van der Waals surface area contributed by atoms with E-state index in [9.17, 15) is 0 Å². The molecule has 2 rings (SSSR count). The Bertz CT molecular complexity index is 539. The van der Waals surface area contributed by atoms with E-state index in [4.69, 9.17) is 10.5 Å². The van der Waals surface area contributed by atoms with Crippen molar-refractivity contribution in [1.29, 1.82) is 0 Å². The van der Waals surface area contributed by atoms with Crippen molar-refractivity contribution in [3.8, 4) is 5.75 Å². The van der Waals surface area contributed by atoms with Crippen molar-refractivity contribution < 1.29 is 4.74 Å². The molecule has 0 heterocycles. The molecule has 1 unspecified atom stereocenters. The maximum Gasteiger partial charge on any atom is 0.119 e. The number of aryl methyl sites for hydroxylation is 1. The highest BCUT2D eigenvalue weighted by Crippen LogP contribution is 2.25. The van der Waals surface area contributed by atoms with Gasteiger partial charge in [-0.2, -0.15) is 0 Å². The third-order valence-electron chi connectivity index (χ3n) is 3.05. The number of benzene rings is 2. The van der Waals surface area contributed by atoms with Crippen LogP contribution in [0.1, 0.15) is 24.1 Å². The Morgan fingerprint density at radius 3 is 2.60 bits per heavy atom. The monoisotopic (exact) mass is 287 g/mol. The van der Waals surface area contributed by atoms with Crippen LogP contribution in [0.25, 0.3) is 0 Å². The first kappa shape index (κ1) is 14.9. The average molecular weight is 287 g/mol. The number of ether oxygens (including phenoxy) is 1. The van der Waals surface area contributed by atoms with Gasteiger partial charge in [-0.25, -0.2) is 0 Å². The molecule has 2 N–H and O–H groups in total. The van der Waals surface area contributed by atoms with Gasteiger partial charge in [-0.15, -0.1) is 11.8 Å². The highest BCUT2D eigenvalue weighted by molar-refractivity contribution is 7.99. The molecule has 0 aliphatic carbocycles. The lowest BCUT2D eigenvalue weighted by atomic mass is 10.1.